The maximum atomic E-state index is 14.6. The first-order chi connectivity index (χ1) is 20.4. The van der Waals surface area contributed by atoms with Crippen molar-refractivity contribution in [3.8, 4) is 11.5 Å². The molecular weight excluding hydrogens is 567 g/mol. The van der Waals surface area contributed by atoms with Gasteiger partial charge in [0.15, 0.2) is 0 Å². The Hall–Kier alpha value is -3.96. The molecule has 0 bridgehead atoms. The molecular formula is C31H38F3N3O6. The smallest absolute Gasteiger partial charge is 0.417 e. The number of anilines is 1. The zero-order chi connectivity index (χ0) is 31.4. The summed E-state index contributed by atoms with van der Waals surface area (Å²) in [5.74, 6) is -1.14. The summed E-state index contributed by atoms with van der Waals surface area (Å²) in [7, 11) is 1.19. The summed E-state index contributed by atoms with van der Waals surface area (Å²) in [6.07, 6.45) is -1.39. The van der Waals surface area contributed by atoms with E-state index >= 15 is 0 Å². The third kappa shape index (κ3) is 7.17. The van der Waals surface area contributed by atoms with Crippen LogP contribution in [0.1, 0.15) is 68.8 Å². The van der Waals surface area contributed by atoms with Gasteiger partial charge >= 0.3 is 12.3 Å². The van der Waals surface area contributed by atoms with E-state index in [1.54, 1.807) is 44.2 Å². The zero-order valence-electron chi connectivity index (χ0n) is 24.8. The summed E-state index contributed by atoms with van der Waals surface area (Å²) in [4.78, 5) is 42.3. The van der Waals surface area contributed by atoms with Crippen molar-refractivity contribution in [3.63, 3.8) is 0 Å². The highest BCUT2D eigenvalue weighted by Gasteiger charge is 2.48. The Labute approximate surface area is 249 Å². The van der Waals surface area contributed by atoms with Crippen molar-refractivity contribution in [2.45, 2.75) is 76.7 Å². The SMILES string of the molecule is COC(=O)NCCN1C(=O)C(C)(COc2ccccc2)Oc2cc(C(F)(F)F)c(C(=O)N(C(C)C)C3CCCCC3)cc21. The minimum atomic E-state index is -4.88. The molecule has 1 aliphatic heterocycles. The predicted molar refractivity (Wildman–Crippen MR) is 153 cm³/mol. The molecule has 2 aromatic rings. The van der Waals surface area contributed by atoms with Gasteiger partial charge in [-0.1, -0.05) is 37.5 Å². The highest BCUT2D eigenvalue weighted by Crippen LogP contribution is 2.45. The van der Waals surface area contributed by atoms with Gasteiger partial charge in [-0.25, -0.2) is 4.79 Å². The summed E-state index contributed by atoms with van der Waals surface area (Å²) in [6.45, 7) is 4.50. The standard InChI is InChI=1S/C31H38F3N3O6/c1-20(2)37(21-11-7-5-8-12-21)27(38)23-17-25-26(18-24(23)31(32,33)34)43-30(3,19-42-22-13-9-6-10-14-22)28(39)36(25)16-15-35-29(40)41-4/h6,9-10,13-14,17-18,20-21H,5,7-8,11-12,15-16,19H2,1-4H3,(H,35,40). The van der Waals surface area contributed by atoms with Crippen LogP contribution in [0.25, 0.3) is 0 Å². The van der Waals surface area contributed by atoms with Gasteiger partial charge < -0.3 is 29.3 Å². The Morgan fingerprint density at radius 1 is 1.14 bits per heavy atom. The number of nitrogens with zero attached hydrogens (tertiary/aromatic N) is 2. The molecule has 12 heteroatoms. The van der Waals surface area contributed by atoms with Gasteiger partial charge in [0.25, 0.3) is 11.8 Å². The fourth-order valence-electron chi connectivity index (χ4n) is 5.67. The molecule has 1 unspecified atom stereocenters. The molecule has 3 amide bonds. The van der Waals surface area contributed by atoms with Crippen LogP contribution in [-0.2, 0) is 15.7 Å². The van der Waals surface area contributed by atoms with Gasteiger partial charge in [-0.15, -0.1) is 0 Å². The normalized spacial score (nSPS) is 19.0. The van der Waals surface area contributed by atoms with E-state index in [0.717, 1.165) is 31.4 Å². The minimum absolute atomic E-state index is 0.00227. The van der Waals surface area contributed by atoms with Crippen molar-refractivity contribution in [1.29, 1.82) is 0 Å². The van der Waals surface area contributed by atoms with Crippen molar-refractivity contribution >= 4 is 23.6 Å². The van der Waals surface area contributed by atoms with E-state index in [1.165, 1.54) is 23.8 Å². The Morgan fingerprint density at radius 3 is 2.42 bits per heavy atom. The van der Waals surface area contributed by atoms with Crippen molar-refractivity contribution in [2.75, 3.05) is 31.7 Å². The molecule has 2 aliphatic rings. The summed E-state index contributed by atoms with van der Waals surface area (Å²) in [6, 6.07) is 9.97. The van der Waals surface area contributed by atoms with Crippen LogP contribution in [0.2, 0.25) is 0 Å². The molecule has 1 saturated carbocycles. The zero-order valence-corrected chi connectivity index (χ0v) is 24.8. The molecule has 0 spiro atoms. The van der Waals surface area contributed by atoms with Crippen LogP contribution in [0.15, 0.2) is 42.5 Å². The van der Waals surface area contributed by atoms with Crippen molar-refractivity contribution < 1.29 is 41.8 Å². The van der Waals surface area contributed by atoms with E-state index in [9.17, 15) is 27.6 Å². The van der Waals surface area contributed by atoms with Crippen LogP contribution in [0.3, 0.4) is 0 Å². The first-order valence-corrected chi connectivity index (χ1v) is 14.4. The molecule has 2 aromatic carbocycles. The largest absolute Gasteiger partial charge is 0.489 e. The van der Waals surface area contributed by atoms with Gasteiger partial charge in [0.1, 0.15) is 18.1 Å². The van der Waals surface area contributed by atoms with E-state index in [1.807, 2.05) is 0 Å². The number of hydrogen-bond donors (Lipinski definition) is 1. The van der Waals surface area contributed by atoms with Crippen molar-refractivity contribution in [1.82, 2.24) is 10.2 Å². The van der Waals surface area contributed by atoms with Crippen LogP contribution in [0.4, 0.5) is 23.7 Å². The maximum absolute atomic E-state index is 14.6. The lowest BCUT2D eigenvalue weighted by Crippen LogP contribution is -2.58. The van der Waals surface area contributed by atoms with E-state index in [4.69, 9.17) is 9.47 Å². The number of rotatable bonds is 9. The number of ether oxygens (including phenoxy) is 3. The first kappa shape index (κ1) is 32.0. The molecule has 9 nitrogen and oxygen atoms in total. The Morgan fingerprint density at radius 2 is 1.81 bits per heavy atom. The Kier molecular flexibility index (Phi) is 9.76. The monoisotopic (exact) mass is 605 g/mol. The number of carbonyl (C=O) groups is 3. The van der Waals surface area contributed by atoms with E-state index < -0.39 is 40.8 Å². The molecule has 1 N–H and O–H groups in total. The molecule has 0 radical (unpaired) electrons. The molecule has 0 aromatic heterocycles. The summed E-state index contributed by atoms with van der Waals surface area (Å²) in [5.41, 5.74) is -3.42. The number of alkyl carbamates (subject to hydrolysis) is 1. The lowest BCUT2D eigenvalue weighted by atomic mass is 9.92. The number of halogens is 3. The molecule has 1 aliphatic carbocycles. The molecule has 1 heterocycles. The van der Waals surface area contributed by atoms with Gasteiger partial charge in [-0.3, -0.25) is 9.59 Å². The van der Waals surface area contributed by atoms with E-state index in [0.29, 0.717) is 18.6 Å². The average Bonchev–Trinajstić information content (AvgIpc) is 2.98. The number of benzene rings is 2. The summed E-state index contributed by atoms with van der Waals surface area (Å²) < 4.78 is 60.0. The van der Waals surface area contributed by atoms with E-state index in [2.05, 4.69) is 10.1 Å². The highest BCUT2D eigenvalue weighted by molar-refractivity contribution is 6.05. The third-order valence-electron chi connectivity index (χ3n) is 7.77. The van der Waals surface area contributed by atoms with Gasteiger partial charge in [-0.2, -0.15) is 13.2 Å². The number of carbonyl (C=O) groups excluding carboxylic acids is 3. The average molecular weight is 606 g/mol. The van der Waals surface area contributed by atoms with Crippen LogP contribution in [0.5, 0.6) is 11.5 Å². The molecule has 1 fully saturated rings. The van der Waals surface area contributed by atoms with Gasteiger partial charge in [0.2, 0.25) is 5.60 Å². The molecule has 43 heavy (non-hydrogen) atoms. The van der Waals surface area contributed by atoms with Crippen molar-refractivity contribution in [2.24, 2.45) is 0 Å². The van der Waals surface area contributed by atoms with Gasteiger partial charge in [0, 0.05) is 25.2 Å². The summed E-state index contributed by atoms with van der Waals surface area (Å²) in [5, 5.41) is 2.48. The highest BCUT2D eigenvalue weighted by atomic mass is 19.4. The second kappa shape index (κ2) is 13.1. The van der Waals surface area contributed by atoms with Gasteiger partial charge in [-0.05, 0) is 57.9 Å². The van der Waals surface area contributed by atoms with Crippen LogP contribution in [0, 0.1) is 0 Å². The third-order valence-corrected chi connectivity index (χ3v) is 7.77. The van der Waals surface area contributed by atoms with Crippen molar-refractivity contribution in [3.05, 3.63) is 53.6 Å². The number of nitrogens with one attached hydrogen (secondary N) is 1. The Balaban J connectivity index is 1.78. The molecule has 234 valence electrons. The van der Waals surface area contributed by atoms with Crippen LogP contribution in [-0.4, -0.2) is 67.3 Å². The molecule has 0 saturated heterocycles. The molecule has 1 atom stereocenters. The fourth-order valence-corrected chi connectivity index (χ4v) is 5.67. The predicted octanol–water partition coefficient (Wildman–Crippen LogP) is 5.81. The first-order valence-electron chi connectivity index (χ1n) is 14.4. The lowest BCUT2D eigenvalue weighted by molar-refractivity contribution is -0.139. The Bertz CT molecular complexity index is 1310. The van der Waals surface area contributed by atoms with Crippen LogP contribution >= 0.6 is 0 Å². The number of hydrogen-bond acceptors (Lipinski definition) is 6. The van der Waals surface area contributed by atoms with E-state index in [-0.39, 0.29) is 43.2 Å². The fraction of sp³-hybridized carbons (Fsp3) is 0.516. The number of alkyl halides is 3. The minimum Gasteiger partial charge on any atom is -0.489 e. The second-order valence-electron chi connectivity index (χ2n) is 11.3. The molecule has 4 rings (SSSR count). The topological polar surface area (TPSA) is 97.4 Å². The number of para-hydroxylation sites is 1. The second-order valence-corrected chi connectivity index (χ2v) is 11.3. The number of methoxy groups -OCH3 is 1. The van der Waals surface area contributed by atoms with Gasteiger partial charge in [0.05, 0.1) is 23.9 Å². The lowest BCUT2D eigenvalue weighted by Gasteiger charge is -2.41. The quantitative estimate of drug-likeness (QED) is 0.388. The van der Waals surface area contributed by atoms with Crippen LogP contribution < -0.4 is 19.7 Å². The summed E-state index contributed by atoms with van der Waals surface area (Å²) >= 11 is 0. The number of amides is 3. The maximum Gasteiger partial charge on any atom is 0.417 e. The number of fused-ring (bicyclic) bond motifs is 1.